The van der Waals surface area contributed by atoms with Gasteiger partial charge in [0.1, 0.15) is 0 Å². The molecular weight excluding hydrogens is 253 g/mol. The van der Waals surface area contributed by atoms with E-state index in [0.717, 1.165) is 25.0 Å². The van der Waals surface area contributed by atoms with Gasteiger partial charge in [0.15, 0.2) is 11.6 Å². The molecule has 0 bridgehead atoms. The second-order valence-corrected chi connectivity index (χ2v) is 5.44. The van der Waals surface area contributed by atoms with Crippen molar-refractivity contribution in [2.45, 2.75) is 31.4 Å². The summed E-state index contributed by atoms with van der Waals surface area (Å²) in [6.07, 6.45) is 4.43. The molecule has 0 aliphatic carbocycles. The predicted octanol–water partition coefficient (Wildman–Crippen LogP) is 3.09. The Kier molecular flexibility index (Phi) is 4.58. The quantitative estimate of drug-likeness (QED) is 0.787. The Morgan fingerprint density at radius 3 is 3.11 bits per heavy atom. The highest BCUT2D eigenvalue weighted by molar-refractivity contribution is 8.00. The van der Waals surface area contributed by atoms with Crippen LogP contribution in [-0.4, -0.2) is 28.4 Å². The zero-order valence-electron chi connectivity index (χ0n) is 10.3. The van der Waals surface area contributed by atoms with Gasteiger partial charge in [-0.15, -0.1) is 0 Å². The van der Waals surface area contributed by atoms with Crippen LogP contribution in [0.5, 0.6) is 5.88 Å². The van der Waals surface area contributed by atoms with Crippen molar-refractivity contribution in [1.82, 2.24) is 4.98 Å². The van der Waals surface area contributed by atoms with E-state index >= 15 is 0 Å². The Hall–Kier alpha value is -1.10. The molecule has 1 fully saturated rings. The standard InChI is InChI=1S/C13H16FNO2S/c1-2-17-13-11(14)9(6-7-15-13)12(16)10-5-3-4-8-18-10/h6-7,10H,2-5,8H2,1H3. The number of rotatable bonds is 4. The number of carbonyl (C=O) groups is 1. The molecule has 2 heterocycles. The number of carbonyl (C=O) groups excluding carboxylic acids is 1. The van der Waals surface area contributed by atoms with E-state index in [-0.39, 0.29) is 22.5 Å². The van der Waals surface area contributed by atoms with E-state index in [1.54, 1.807) is 18.7 Å². The van der Waals surface area contributed by atoms with Crippen LogP contribution in [0, 0.1) is 5.82 Å². The van der Waals surface area contributed by atoms with Crippen molar-refractivity contribution >= 4 is 17.5 Å². The summed E-state index contributed by atoms with van der Waals surface area (Å²) in [7, 11) is 0. The van der Waals surface area contributed by atoms with Crippen molar-refractivity contribution in [2.24, 2.45) is 0 Å². The van der Waals surface area contributed by atoms with Gasteiger partial charge in [0, 0.05) is 6.20 Å². The summed E-state index contributed by atoms with van der Waals surface area (Å²) in [5.41, 5.74) is 0.104. The van der Waals surface area contributed by atoms with Crippen LogP contribution in [-0.2, 0) is 0 Å². The lowest BCUT2D eigenvalue weighted by Crippen LogP contribution is -2.22. The third-order valence-corrected chi connectivity index (χ3v) is 4.25. The Labute approximate surface area is 110 Å². The Morgan fingerprint density at radius 1 is 1.61 bits per heavy atom. The molecule has 2 rings (SSSR count). The fourth-order valence-corrected chi connectivity index (χ4v) is 3.24. The second-order valence-electron chi connectivity index (χ2n) is 4.13. The fraction of sp³-hybridized carbons (Fsp3) is 0.538. The SMILES string of the molecule is CCOc1nccc(C(=O)C2CCCCS2)c1F. The molecule has 0 saturated carbocycles. The number of ether oxygens (including phenoxy) is 1. The molecule has 18 heavy (non-hydrogen) atoms. The molecule has 3 nitrogen and oxygen atoms in total. The summed E-state index contributed by atoms with van der Waals surface area (Å²) in [6.45, 7) is 2.09. The third kappa shape index (κ3) is 2.83. The van der Waals surface area contributed by atoms with Crippen LogP contribution in [0.25, 0.3) is 0 Å². The van der Waals surface area contributed by atoms with Gasteiger partial charge in [-0.1, -0.05) is 6.42 Å². The van der Waals surface area contributed by atoms with Crippen LogP contribution in [0.4, 0.5) is 4.39 Å². The molecule has 1 aliphatic rings. The van der Waals surface area contributed by atoms with Gasteiger partial charge >= 0.3 is 0 Å². The number of nitrogens with zero attached hydrogens (tertiary/aromatic N) is 1. The van der Waals surface area contributed by atoms with Crippen molar-refractivity contribution < 1.29 is 13.9 Å². The van der Waals surface area contributed by atoms with Gasteiger partial charge in [0.25, 0.3) is 5.88 Å². The first-order valence-electron chi connectivity index (χ1n) is 6.17. The number of hydrogen-bond donors (Lipinski definition) is 0. The Balaban J connectivity index is 2.21. The van der Waals surface area contributed by atoms with E-state index in [2.05, 4.69) is 4.98 Å². The van der Waals surface area contributed by atoms with Crippen LogP contribution in [0.1, 0.15) is 36.5 Å². The van der Waals surface area contributed by atoms with Gasteiger partial charge in [-0.25, -0.2) is 9.37 Å². The van der Waals surface area contributed by atoms with Gasteiger partial charge in [-0.2, -0.15) is 11.8 Å². The second kappa shape index (κ2) is 6.18. The number of ketones is 1. The normalized spacial score (nSPS) is 19.6. The monoisotopic (exact) mass is 269 g/mol. The highest BCUT2D eigenvalue weighted by Crippen LogP contribution is 2.29. The first-order valence-corrected chi connectivity index (χ1v) is 7.22. The molecule has 1 aromatic rings. The smallest absolute Gasteiger partial charge is 0.251 e. The van der Waals surface area contributed by atoms with Crippen molar-refractivity contribution in [1.29, 1.82) is 0 Å². The van der Waals surface area contributed by atoms with Crippen LogP contribution in [0.3, 0.4) is 0 Å². The maximum Gasteiger partial charge on any atom is 0.251 e. The molecule has 1 aliphatic heterocycles. The molecule has 1 atom stereocenters. The number of aromatic nitrogens is 1. The van der Waals surface area contributed by atoms with Gasteiger partial charge < -0.3 is 4.74 Å². The van der Waals surface area contributed by atoms with E-state index < -0.39 is 5.82 Å². The van der Waals surface area contributed by atoms with Gasteiger partial charge in [0.2, 0.25) is 0 Å². The first kappa shape index (κ1) is 13.3. The van der Waals surface area contributed by atoms with Crippen LogP contribution in [0.2, 0.25) is 0 Å². The molecule has 0 N–H and O–H groups in total. The van der Waals surface area contributed by atoms with E-state index in [1.165, 1.54) is 12.3 Å². The molecule has 98 valence electrons. The molecule has 0 aromatic carbocycles. The topological polar surface area (TPSA) is 39.2 Å². The average molecular weight is 269 g/mol. The highest BCUT2D eigenvalue weighted by atomic mass is 32.2. The number of halogens is 1. The number of hydrogen-bond acceptors (Lipinski definition) is 4. The summed E-state index contributed by atoms with van der Waals surface area (Å²) in [5, 5.41) is -0.120. The van der Waals surface area contributed by atoms with Gasteiger partial charge in [-0.05, 0) is 31.6 Å². The summed E-state index contributed by atoms with van der Waals surface area (Å²) < 4.78 is 19.1. The zero-order valence-corrected chi connectivity index (χ0v) is 11.1. The predicted molar refractivity (Wildman–Crippen MR) is 69.8 cm³/mol. The maximum absolute atomic E-state index is 14.0. The fourth-order valence-electron chi connectivity index (χ4n) is 1.97. The van der Waals surface area contributed by atoms with Gasteiger partial charge in [0.05, 0.1) is 17.4 Å². The number of pyridine rings is 1. The minimum atomic E-state index is -0.629. The largest absolute Gasteiger partial charge is 0.476 e. The Bertz CT molecular complexity index is 433. The van der Waals surface area contributed by atoms with Crippen molar-refractivity contribution in [3.63, 3.8) is 0 Å². The molecule has 5 heteroatoms. The van der Waals surface area contributed by atoms with Crippen LogP contribution >= 0.6 is 11.8 Å². The summed E-state index contributed by atoms with van der Waals surface area (Å²) in [5.74, 6) is 0.127. The van der Waals surface area contributed by atoms with Crippen LogP contribution < -0.4 is 4.74 Å². The third-order valence-electron chi connectivity index (χ3n) is 2.88. The first-order chi connectivity index (χ1) is 8.74. The summed E-state index contributed by atoms with van der Waals surface area (Å²) in [4.78, 5) is 16.0. The molecule has 1 unspecified atom stereocenters. The lowest BCUT2D eigenvalue weighted by molar-refractivity contribution is 0.0979. The Morgan fingerprint density at radius 2 is 2.44 bits per heavy atom. The van der Waals surface area contributed by atoms with Crippen molar-refractivity contribution in [3.05, 3.63) is 23.6 Å². The van der Waals surface area contributed by atoms with Crippen LogP contribution in [0.15, 0.2) is 12.3 Å². The van der Waals surface area contributed by atoms with Crippen molar-refractivity contribution in [3.8, 4) is 5.88 Å². The van der Waals surface area contributed by atoms with Gasteiger partial charge in [-0.3, -0.25) is 4.79 Å². The van der Waals surface area contributed by atoms with Crippen molar-refractivity contribution in [2.75, 3.05) is 12.4 Å². The summed E-state index contributed by atoms with van der Waals surface area (Å²) >= 11 is 1.62. The average Bonchev–Trinajstić information content (AvgIpc) is 2.42. The minimum absolute atomic E-state index is 0.0795. The molecule has 0 spiro atoms. The molecular formula is C13H16FNO2S. The zero-order chi connectivity index (χ0) is 13.0. The molecule has 1 saturated heterocycles. The maximum atomic E-state index is 14.0. The lowest BCUT2D eigenvalue weighted by atomic mass is 10.0. The minimum Gasteiger partial charge on any atom is -0.476 e. The van der Waals surface area contributed by atoms with E-state index in [4.69, 9.17) is 4.74 Å². The highest BCUT2D eigenvalue weighted by Gasteiger charge is 2.26. The molecule has 0 amide bonds. The van der Waals surface area contributed by atoms with E-state index in [1.807, 2.05) is 0 Å². The van der Waals surface area contributed by atoms with E-state index in [9.17, 15) is 9.18 Å². The number of thioether (sulfide) groups is 1. The van der Waals surface area contributed by atoms with E-state index in [0.29, 0.717) is 6.61 Å². The molecule has 1 aromatic heterocycles. The lowest BCUT2D eigenvalue weighted by Gasteiger charge is -2.20. The number of Topliss-reactive ketones (excluding diaryl/α,β-unsaturated/α-hetero) is 1. The summed E-state index contributed by atoms with van der Waals surface area (Å²) in [6, 6.07) is 1.44. The molecule has 0 radical (unpaired) electrons.